The lowest BCUT2D eigenvalue weighted by molar-refractivity contribution is -0.137. The van der Waals surface area contributed by atoms with E-state index in [0.717, 1.165) is 17.2 Å². The molecule has 1 fully saturated rings. The Morgan fingerprint density at radius 3 is 2.31 bits per heavy atom. The summed E-state index contributed by atoms with van der Waals surface area (Å²) >= 11 is 0.561. The summed E-state index contributed by atoms with van der Waals surface area (Å²) < 4.78 is 95.2. The Balaban J connectivity index is 1.22. The maximum absolute atomic E-state index is 12.7. The zero-order valence-electron chi connectivity index (χ0n) is 31.7. The van der Waals surface area contributed by atoms with Crippen LogP contribution < -0.4 is 16.4 Å². The number of phosphoric acid groups is 3. The summed E-state index contributed by atoms with van der Waals surface area (Å²) in [6, 6.07) is 7.29. The van der Waals surface area contributed by atoms with Gasteiger partial charge < -0.3 is 50.9 Å². The maximum Gasteiger partial charge on any atom is 0.481 e. The number of nitrogens with two attached hydrogens (primary N) is 1. The summed E-state index contributed by atoms with van der Waals surface area (Å²) in [6.45, 7) is -0.125. The van der Waals surface area contributed by atoms with Crippen LogP contribution in [-0.2, 0) is 60.8 Å². The van der Waals surface area contributed by atoms with Gasteiger partial charge in [-0.05, 0) is 5.56 Å². The van der Waals surface area contributed by atoms with Gasteiger partial charge in [-0.1, -0.05) is 55.9 Å². The number of phosphoric ester groups is 3. The summed E-state index contributed by atoms with van der Waals surface area (Å²) in [5, 5.41) is 23.5. The number of nitrogens with one attached hydrogen (secondary N) is 2. The molecule has 0 aliphatic carbocycles. The molecule has 1 aliphatic heterocycles. The number of carbonyl (C=O) groups is 3. The number of rotatable bonds is 22. The van der Waals surface area contributed by atoms with Crippen LogP contribution in [0.15, 0.2) is 43.0 Å². The van der Waals surface area contributed by atoms with Crippen molar-refractivity contribution in [1.29, 1.82) is 0 Å². The molecule has 8 atom stereocenters. The molecule has 32 heteroatoms. The fraction of sp³-hybridized carbons (Fsp3) is 0.517. The van der Waals surface area contributed by atoms with Gasteiger partial charge in [-0.25, -0.2) is 28.6 Å². The number of anilines is 1. The SMILES string of the molecule is CC(C)(COP(=O)(O)OP(=O)(O)OCC1OC(n2cnc3c(N)ncnc32)C(O)C1OP(=O)(O)O)C(O)C(=O)NCCC(=O)NCCSC(=O)C(c1ccccc1)S(=O)(=O)O. The average molecular weight is 966 g/mol. The second kappa shape index (κ2) is 20.5. The number of carbonyl (C=O) groups excluding carboxylic acids is 3. The van der Waals surface area contributed by atoms with Crippen molar-refractivity contribution in [2.75, 3.05) is 37.8 Å². The molecule has 4 rings (SSSR count). The summed E-state index contributed by atoms with van der Waals surface area (Å²) in [5.74, 6) is -1.80. The van der Waals surface area contributed by atoms with Crippen LogP contribution in [0.3, 0.4) is 0 Å². The fourth-order valence-corrected chi connectivity index (χ4v) is 10.2. The van der Waals surface area contributed by atoms with Crippen LogP contribution in [0.1, 0.15) is 37.3 Å². The first-order chi connectivity index (χ1) is 28.2. The molecule has 3 aromatic rings. The number of amides is 2. The van der Waals surface area contributed by atoms with E-state index in [4.69, 9.17) is 19.5 Å². The Labute approximate surface area is 349 Å². The minimum atomic E-state index is -5.62. The van der Waals surface area contributed by atoms with E-state index in [1.807, 2.05) is 0 Å². The zero-order valence-corrected chi connectivity index (χ0v) is 36.0. The van der Waals surface area contributed by atoms with E-state index in [2.05, 4.69) is 34.4 Å². The quantitative estimate of drug-likeness (QED) is 0.0338. The highest BCUT2D eigenvalue weighted by atomic mass is 32.2. The van der Waals surface area contributed by atoms with Crippen molar-refractivity contribution in [3.05, 3.63) is 48.5 Å². The summed E-state index contributed by atoms with van der Waals surface area (Å²) in [6.07, 6.45) is -7.29. The van der Waals surface area contributed by atoms with Crippen molar-refractivity contribution in [1.82, 2.24) is 30.2 Å². The van der Waals surface area contributed by atoms with E-state index in [0.29, 0.717) is 11.8 Å². The predicted octanol–water partition coefficient (Wildman–Crippen LogP) is -0.706. The Hall–Kier alpha value is -3.31. The van der Waals surface area contributed by atoms with Crippen molar-refractivity contribution in [2.24, 2.45) is 5.41 Å². The van der Waals surface area contributed by atoms with Gasteiger partial charge in [0.05, 0.1) is 19.5 Å². The molecule has 11 N–H and O–H groups in total. The molecule has 0 radical (unpaired) electrons. The molecule has 1 aliphatic rings. The molecule has 27 nitrogen and oxygen atoms in total. The molecule has 1 aromatic carbocycles. The van der Waals surface area contributed by atoms with Gasteiger partial charge in [-0.3, -0.25) is 37.1 Å². The van der Waals surface area contributed by atoms with Gasteiger partial charge in [-0.2, -0.15) is 12.7 Å². The van der Waals surface area contributed by atoms with Gasteiger partial charge in [0.15, 0.2) is 22.9 Å². The molecule has 1 saturated heterocycles. The lowest BCUT2D eigenvalue weighted by Crippen LogP contribution is -2.46. The number of ether oxygens (including phenoxy) is 1. The van der Waals surface area contributed by atoms with Gasteiger partial charge in [0.25, 0.3) is 10.1 Å². The van der Waals surface area contributed by atoms with Crippen LogP contribution in [0.4, 0.5) is 5.82 Å². The van der Waals surface area contributed by atoms with Crippen molar-refractivity contribution in [3.8, 4) is 0 Å². The summed E-state index contributed by atoms with van der Waals surface area (Å²) in [4.78, 5) is 88.3. The van der Waals surface area contributed by atoms with Crippen LogP contribution in [0.25, 0.3) is 11.2 Å². The van der Waals surface area contributed by atoms with Crippen molar-refractivity contribution < 1.29 is 93.5 Å². The molecule has 2 aromatic heterocycles. The second-order valence-corrected chi connectivity index (χ2v) is 20.4. The van der Waals surface area contributed by atoms with E-state index in [9.17, 15) is 70.8 Å². The maximum atomic E-state index is 12.7. The average Bonchev–Trinajstić information content (AvgIpc) is 3.71. The van der Waals surface area contributed by atoms with Gasteiger partial charge in [0.2, 0.25) is 16.9 Å². The lowest BCUT2D eigenvalue weighted by Gasteiger charge is -2.30. The van der Waals surface area contributed by atoms with Crippen molar-refractivity contribution in [2.45, 2.75) is 56.2 Å². The number of thioether (sulfide) groups is 1. The van der Waals surface area contributed by atoms with Gasteiger partial charge in [-0.15, -0.1) is 0 Å². The highest BCUT2D eigenvalue weighted by Crippen LogP contribution is 2.61. The van der Waals surface area contributed by atoms with Crippen LogP contribution in [0, 0.1) is 5.41 Å². The number of hydrogen-bond acceptors (Lipinski definition) is 20. The number of fused-ring (bicyclic) bond motifs is 1. The molecular formula is C29H42N7O20P3S2. The van der Waals surface area contributed by atoms with E-state index in [-0.39, 0.29) is 47.8 Å². The molecule has 3 heterocycles. The lowest BCUT2D eigenvalue weighted by atomic mass is 9.87. The van der Waals surface area contributed by atoms with Gasteiger partial charge in [0, 0.05) is 30.7 Å². The van der Waals surface area contributed by atoms with E-state index < -0.39 is 105 Å². The third-order valence-corrected chi connectivity index (χ3v) is 13.6. The van der Waals surface area contributed by atoms with Gasteiger partial charge in [0.1, 0.15) is 36.3 Å². The molecular weight excluding hydrogens is 923 g/mol. The Kier molecular flexibility index (Phi) is 16.9. The number of aliphatic hydroxyl groups excluding tert-OH is 2. The first-order valence-electron chi connectivity index (χ1n) is 17.3. The van der Waals surface area contributed by atoms with Crippen molar-refractivity contribution >= 4 is 79.3 Å². The standard InChI is InChI=1S/C29H42N7O20P3S2/c1-29(2,23(39)26(40)32-9-8-18(37)31-10-11-60-28(41)22(61(49,50)51)16-6-4-3-5-7-16)13-53-59(47,48)56-58(45,46)52-12-17-21(55-57(42,43)44)20(38)27(54-17)36-15-35-19-24(30)33-14-34-25(19)36/h3-7,14-15,17,20-23,27,38-39H,8-13H2,1-2H3,(H,31,37)(H,32,40)(H,45,46)(H,47,48)(H2,30,33,34)(H2,42,43,44)(H,49,50,51). The van der Waals surface area contributed by atoms with E-state index in [1.54, 1.807) is 6.07 Å². The topological polar surface area (TPSA) is 418 Å². The number of nitrogen functional groups attached to an aromatic ring is 1. The highest BCUT2D eigenvalue weighted by Gasteiger charge is 2.50. The van der Waals surface area contributed by atoms with E-state index in [1.165, 1.54) is 38.1 Å². The number of aliphatic hydroxyl groups is 2. The molecule has 8 unspecified atom stereocenters. The van der Waals surface area contributed by atoms with Crippen LogP contribution in [0.5, 0.6) is 0 Å². The molecule has 0 spiro atoms. The number of hydrogen-bond donors (Lipinski definition) is 10. The molecule has 340 valence electrons. The number of nitrogens with zero attached hydrogens (tertiary/aromatic N) is 4. The number of benzene rings is 1. The second-order valence-electron chi connectivity index (χ2n) is 13.5. The highest BCUT2D eigenvalue weighted by molar-refractivity contribution is 8.14. The minimum Gasteiger partial charge on any atom is -0.386 e. The van der Waals surface area contributed by atoms with Gasteiger partial charge >= 0.3 is 23.5 Å². The largest absolute Gasteiger partial charge is 0.481 e. The third-order valence-electron chi connectivity index (χ3n) is 8.36. The minimum absolute atomic E-state index is 0.0104. The predicted molar refractivity (Wildman–Crippen MR) is 208 cm³/mol. The first-order valence-corrected chi connectivity index (χ1v) is 24.3. The molecule has 0 saturated carbocycles. The summed E-state index contributed by atoms with van der Waals surface area (Å²) in [7, 11) is -21.3. The van der Waals surface area contributed by atoms with Crippen molar-refractivity contribution in [3.63, 3.8) is 0 Å². The molecule has 2 amide bonds. The third kappa shape index (κ3) is 14.4. The summed E-state index contributed by atoms with van der Waals surface area (Å²) in [5.41, 5.74) is 4.20. The van der Waals surface area contributed by atoms with Crippen LogP contribution >= 0.6 is 35.2 Å². The number of imidazole rings is 1. The Bertz CT molecular complexity index is 2300. The molecule has 0 bridgehead atoms. The zero-order chi connectivity index (χ0) is 45.6. The van der Waals surface area contributed by atoms with Crippen LogP contribution in [-0.4, -0.2) is 136 Å². The smallest absolute Gasteiger partial charge is 0.386 e. The Morgan fingerprint density at radius 1 is 1.02 bits per heavy atom. The van der Waals surface area contributed by atoms with Crippen LogP contribution in [0.2, 0.25) is 0 Å². The van der Waals surface area contributed by atoms with E-state index >= 15 is 0 Å². The first kappa shape index (κ1) is 50.3. The number of aromatic nitrogens is 4. The normalized spacial score (nSPS) is 21.6. The fourth-order valence-electron chi connectivity index (χ4n) is 5.41. The Morgan fingerprint density at radius 2 is 1.67 bits per heavy atom. The molecule has 61 heavy (non-hydrogen) atoms. The monoisotopic (exact) mass is 965 g/mol.